The van der Waals surface area contributed by atoms with Gasteiger partial charge in [-0.25, -0.2) is 0 Å². The van der Waals surface area contributed by atoms with Crippen LogP contribution in [-0.2, 0) is 9.13 Å². The fraction of sp³-hybridized carbons (Fsp3) is 0.0811. The Balaban J connectivity index is 1.69. The molecule has 0 bridgehead atoms. The number of allylic oxidation sites excluding steroid dienone is 8. The van der Waals surface area contributed by atoms with Gasteiger partial charge in [0.25, 0.3) is 0 Å². The van der Waals surface area contributed by atoms with E-state index in [1.807, 2.05) is 122 Å². The fourth-order valence-corrected chi connectivity index (χ4v) is 10.7. The minimum absolute atomic E-state index is 0.443. The lowest BCUT2D eigenvalue weighted by Gasteiger charge is -2.26. The highest BCUT2D eigenvalue weighted by Gasteiger charge is 2.36. The molecule has 2 unspecified atom stereocenters. The topological polar surface area (TPSA) is 43.4 Å². The molecule has 0 heterocycles. The molecule has 0 amide bonds. The lowest BCUT2D eigenvalue weighted by Crippen LogP contribution is -2.21. The van der Waals surface area contributed by atoms with Crippen molar-refractivity contribution >= 4 is 35.5 Å². The standard InChI is InChI=1S/C37H32O3P2/c1-3-4-8-19-30(2)41(38,31-20-9-5-10-21-31)36-28-17-15-26-34(36)40-35-27-16-18-29-37(35)42(39,32-22-11-6-12-23-32)33-24-13-7-14-25-33/h1,4-6,8-13,15-29H,7,14H2,2H3/b8-4-,30-19+. The molecule has 0 saturated heterocycles. The van der Waals surface area contributed by atoms with Crippen molar-refractivity contribution in [1.82, 2.24) is 0 Å². The van der Waals surface area contributed by atoms with E-state index in [-0.39, 0.29) is 0 Å². The van der Waals surface area contributed by atoms with Crippen LogP contribution < -0.4 is 26.0 Å². The maximum absolute atomic E-state index is 15.3. The molecule has 0 aliphatic heterocycles. The van der Waals surface area contributed by atoms with E-state index in [9.17, 15) is 0 Å². The van der Waals surface area contributed by atoms with Gasteiger partial charge in [0.1, 0.15) is 11.5 Å². The molecule has 42 heavy (non-hydrogen) atoms. The summed E-state index contributed by atoms with van der Waals surface area (Å²) in [4.78, 5) is 0. The van der Waals surface area contributed by atoms with Crippen LogP contribution in [-0.4, -0.2) is 0 Å². The quantitative estimate of drug-likeness (QED) is 0.112. The van der Waals surface area contributed by atoms with E-state index in [0.29, 0.717) is 32.7 Å². The first-order valence-electron chi connectivity index (χ1n) is 13.9. The molecule has 4 aromatic carbocycles. The van der Waals surface area contributed by atoms with Crippen LogP contribution in [0.15, 0.2) is 156 Å². The Labute approximate surface area is 248 Å². The van der Waals surface area contributed by atoms with Gasteiger partial charge in [-0.1, -0.05) is 121 Å². The van der Waals surface area contributed by atoms with E-state index < -0.39 is 14.3 Å². The summed E-state index contributed by atoms with van der Waals surface area (Å²) in [5.41, 5.74) is 0. The first-order chi connectivity index (χ1) is 20.5. The predicted molar refractivity (Wildman–Crippen MR) is 178 cm³/mol. The number of rotatable bonds is 9. The molecular weight excluding hydrogens is 554 g/mol. The molecule has 0 radical (unpaired) electrons. The maximum atomic E-state index is 15.3. The zero-order valence-corrected chi connectivity index (χ0v) is 25.3. The number of hydrogen-bond acceptors (Lipinski definition) is 3. The van der Waals surface area contributed by atoms with Crippen molar-refractivity contribution < 1.29 is 13.9 Å². The molecule has 4 aromatic rings. The van der Waals surface area contributed by atoms with E-state index >= 15 is 9.13 Å². The van der Waals surface area contributed by atoms with E-state index in [2.05, 4.69) is 18.1 Å². The van der Waals surface area contributed by atoms with Gasteiger partial charge in [-0.15, -0.1) is 6.42 Å². The Hall–Kier alpha value is -4.34. The zero-order chi connectivity index (χ0) is 29.4. The first-order valence-corrected chi connectivity index (χ1v) is 17.3. The van der Waals surface area contributed by atoms with Crippen molar-refractivity contribution in [2.75, 3.05) is 0 Å². The molecule has 1 aliphatic carbocycles. The van der Waals surface area contributed by atoms with Crippen LogP contribution >= 0.6 is 14.3 Å². The summed E-state index contributed by atoms with van der Waals surface area (Å²) in [6.07, 6.45) is 18.4. The van der Waals surface area contributed by atoms with Crippen LogP contribution in [0.4, 0.5) is 0 Å². The number of terminal acetylenes is 1. The highest BCUT2D eigenvalue weighted by molar-refractivity contribution is 7.83. The molecule has 0 spiro atoms. The third kappa shape index (κ3) is 5.70. The Morgan fingerprint density at radius 2 is 1.33 bits per heavy atom. The molecule has 1 aliphatic rings. The van der Waals surface area contributed by atoms with Crippen molar-refractivity contribution in [3.8, 4) is 23.8 Å². The third-order valence-electron chi connectivity index (χ3n) is 7.23. The minimum Gasteiger partial charge on any atom is -0.456 e. The van der Waals surface area contributed by atoms with Crippen molar-refractivity contribution in [2.45, 2.75) is 19.8 Å². The highest BCUT2D eigenvalue weighted by Crippen LogP contribution is 2.56. The molecular formula is C37H32O3P2. The van der Waals surface area contributed by atoms with Crippen molar-refractivity contribution in [2.24, 2.45) is 0 Å². The van der Waals surface area contributed by atoms with Crippen LogP contribution in [0.3, 0.4) is 0 Å². The van der Waals surface area contributed by atoms with Gasteiger partial charge in [0, 0.05) is 15.9 Å². The molecule has 0 aromatic heterocycles. The number of benzene rings is 4. The largest absolute Gasteiger partial charge is 0.456 e. The van der Waals surface area contributed by atoms with E-state index in [4.69, 9.17) is 11.2 Å². The van der Waals surface area contributed by atoms with Crippen molar-refractivity contribution in [1.29, 1.82) is 0 Å². The van der Waals surface area contributed by atoms with E-state index in [0.717, 1.165) is 23.5 Å². The van der Waals surface area contributed by atoms with Crippen LogP contribution in [0.1, 0.15) is 19.8 Å². The third-order valence-corrected chi connectivity index (χ3v) is 13.6. The second kappa shape index (κ2) is 13.1. The van der Waals surface area contributed by atoms with Gasteiger partial charge in [-0.2, -0.15) is 0 Å². The van der Waals surface area contributed by atoms with Crippen LogP contribution in [0.2, 0.25) is 0 Å². The van der Waals surface area contributed by atoms with Gasteiger partial charge in [0.15, 0.2) is 14.3 Å². The SMILES string of the molecule is C#C/C=C\C=C(/C)P(=O)(c1ccccc1)c1ccccc1Oc1ccccc1P(=O)(C1=CCCC=C1)c1ccccc1. The van der Waals surface area contributed by atoms with Crippen LogP contribution in [0.5, 0.6) is 11.5 Å². The monoisotopic (exact) mass is 586 g/mol. The van der Waals surface area contributed by atoms with E-state index in [1.54, 1.807) is 18.2 Å². The molecule has 208 valence electrons. The molecule has 3 nitrogen and oxygen atoms in total. The lowest BCUT2D eigenvalue weighted by atomic mass is 10.2. The number of ether oxygens (including phenoxy) is 1. The van der Waals surface area contributed by atoms with Gasteiger partial charge in [-0.05, 0) is 55.4 Å². The average molecular weight is 587 g/mol. The molecule has 5 heteroatoms. The number of para-hydroxylation sites is 2. The Bertz CT molecular complexity index is 1820. The van der Waals surface area contributed by atoms with Crippen LogP contribution in [0.25, 0.3) is 0 Å². The van der Waals surface area contributed by atoms with Gasteiger partial charge in [0.2, 0.25) is 0 Å². The Kier molecular flexibility index (Phi) is 9.09. The van der Waals surface area contributed by atoms with E-state index in [1.165, 1.54) is 0 Å². The van der Waals surface area contributed by atoms with Crippen molar-refractivity contribution in [3.05, 3.63) is 156 Å². The van der Waals surface area contributed by atoms with Crippen LogP contribution in [0, 0.1) is 12.3 Å². The Morgan fingerprint density at radius 1 is 0.762 bits per heavy atom. The van der Waals surface area contributed by atoms with Gasteiger partial charge in [0.05, 0.1) is 10.6 Å². The molecule has 0 N–H and O–H groups in total. The summed E-state index contributed by atoms with van der Waals surface area (Å²) in [7, 11) is -6.63. The zero-order valence-electron chi connectivity index (χ0n) is 23.5. The second-order valence-electron chi connectivity index (χ2n) is 9.87. The average Bonchev–Trinajstić information content (AvgIpc) is 3.06. The molecule has 5 rings (SSSR count). The molecule has 2 atom stereocenters. The maximum Gasteiger partial charge on any atom is 0.174 e. The Morgan fingerprint density at radius 3 is 1.95 bits per heavy atom. The molecule has 0 saturated carbocycles. The summed E-state index contributed by atoms with van der Waals surface area (Å²) in [6.45, 7) is 1.85. The molecule has 0 fully saturated rings. The summed E-state index contributed by atoms with van der Waals surface area (Å²) >= 11 is 0. The van der Waals surface area contributed by atoms with Gasteiger partial charge in [-0.3, -0.25) is 0 Å². The fourth-order valence-electron chi connectivity index (χ4n) is 5.14. The lowest BCUT2D eigenvalue weighted by molar-refractivity contribution is 0.489. The predicted octanol–water partition coefficient (Wildman–Crippen LogP) is 8.43. The second-order valence-corrected chi connectivity index (χ2v) is 15.5. The summed E-state index contributed by atoms with van der Waals surface area (Å²) in [5.74, 6) is 3.39. The van der Waals surface area contributed by atoms with Gasteiger partial charge >= 0.3 is 0 Å². The summed E-state index contributed by atoms with van der Waals surface area (Å²) in [5, 5.41) is 4.03. The summed E-state index contributed by atoms with van der Waals surface area (Å²) in [6, 6.07) is 33.8. The number of hydrogen-bond donors (Lipinski definition) is 0. The van der Waals surface area contributed by atoms with Gasteiger partial charge < -0.3 is 13.9 Å². The smallest absolute Gasteiger partial charge is 0.174 e. The van der Waals surface area contributed by atoms with Crippen molar-refractivity contribution in [3.63, 3.8) is 0 Å². The summed E-state index contributed by atoms with van der Waals surface area (Å²) < 4.78 is 37.1. The first kappa shape index (κ1) is 29.2. The highest BCUT2D eigenvalue weighted by atomic mass is 31.2. The minimum atomic E-state index is -3.35. The normalized spacial score (nSPS) is 16.2.